The Morgan fingerprint density at radius 1 is 1.38 bits per heavy atom. The summed E-state index contributed by atoms with van der Waals surface area (Å²) in [6.45, 7) is 4.72. The Labute approximate surface area is 123 Å². The highest BCUT2D eigenvalue weighted by molar-refractivity contribution is 5.96. The Kier molecular flexibility index (Phi) is 3.64. The lowest BCUT2D eigenvalue weighted by Crippen LogP contribution is -2.35. The van der Waals surface area contributed by atoms with Crippen LogP contribution < -0.4 is 10.1 Å². The van der Waals surface area contributed by atoms with E-state index in [0.29, 0.717) is 30.2 Å². The van der Waals surface area contributed by atoms with Gasteiger partial charge in [-0.2, -0.15) is 0 Å². The van der Waals surface area contributed by atoms with Gasteiger partial charge in [-0.3, -0.25) is 4.79 Å². The van der Waals surface area contributed by atoms with Gasteiger partial charge in [0.25, 0.3) is 5.91 Å². The van der Waals surface area contributed by atoms with Crippen molar-refractivity contribution < 1.29 is 14.1 Å². The molecule has 0 spiro atoms. The number of carbonyl (C=O) groups is 1. The van der Waals surface area contributed by atoms with E-state index in [-0.39, 0.29) is 11.8 Å². The molecule has 1 aliphatic heterocycles. The van der Waals surface area contributed by atoms with Crippen LogP contribution in [0.5, 0.6) is 5.75 Å². The fraction of sp³-hybridized carbons (Fsp3) is 0.375. The second-order valence-electron chi connectivity index (χ2n) is 5.40. The third-order valence-corrected chi connectivity index (χ3v) is 3.77. The van der Waals surface area contributed by atoms with E-state index in [0.717, 1.165) is 12.2 Å². The number of para-hydroxylation sites is 1. The summed E-state index contributed by atoms with van der Waals surface area (Å²) >= 11 is 0. The molecule has 3 rings (SSSR count). The molecule has 0 radical (unpaired) electrons. The molecular formula is C16H18N2O3. The SMILES string of the molecule is Cc1noc(C)c1C(=O)NCC1COc2ccccc2C1. The molecule has 2 aromatic rings. The minimum atomic E-state index is -0.134. The van der Waals surface area contributed by atoms with Crippen LogP contribution in [0.3, 0.4) is 0 Å². The number of ether oxygens (including phenoxy) is 1. The number of nitrogens with zero attached hydrogens (tertiary/aromatic N) is 1. The van der Waals surface area contributed by atoms with Gasteiger partial charge in [0.15, 0.2) is 0 Å². The average Bonchev–Trinajstić information content (AvgIpc) is 2.84. The largest absolute Gasteiger partial charge is 0.493 e. The second kappa shape index (κ2) is 5.60. The Morgan fingerprint density at radius 2 is 2.19 bits per heavy atom. The second-order valence-corrected chi connectivity index (χ2v) is 5.40. The molecule has 5 heteroatoms. The van der Waals surface area contributed by atoms with Crippen LogP contribution in [0.4, 0.5) is 0 Å². The smallest absolute Gasteiger partial charge is 0.256 e. The van der Waals surface area contributed by atoms with E-state index >= 15 is 0 Å². The standard InChI is InChI=1S/C16H18N2O3/c1-10-15(11(2)21-18-10)16(19)17-8-12-7-13-5-3-4-6-14(13)20-9-12/h3-6,12H,7-9H2,1-2H3,(H,17,19). The van der Waals surface area contributed by atoms with E-state index in [1.54, 1.807) is 13.8 Å². The fourth-order valence-electron chi connectivity index (χ4n) is 2.65. The minimum absolute atomic E-state index is 0.134. The molecule has 1 aliphatic rings. The monoisotopic (exact) mass is 286 g/mol. The van der Waals surface area contributed by atoms with Crippen molar-refractivity contribution in [2.45, 2.75) is 20.3 Å². The van der Waals surface area contributed by atoms with Crippen molar-refractivity contribution in [3.8, 4) is 5.75 Å². The molecule has 1 N–H and O–H groups in total. The fourth-order valence-corrected chi connectivity index (χ4v) is 2.65. The Hall–Kier alpha value is -2.30. The van der Waals surface area contributed by atoms with Gasteiger partial charge < -0.3 is 14.6 Å². The zero-order valence-corrected chi connectivity index (χ0v) is 12.2. The highest BCUT2D eigenvalue weighted by atomic mass is 16.5. The number of nitrogens with one attached hydrogen (secondary N) is 1. The normalized spacial score (nSPS) is 17.0. The van der Waals surface area contributed by atoms with Crippen LogP contribution in [-0.2, 0) is 6.42 Å². The maximum absolute atomic E-state index is 12.2. The molecule has 0 bridgehead atoms. The Balaban J connectivity index is 1.61. The van der Waals surface area contributed by atoms with Crippen LogP contribution in [0.15, 0.2) is 28.8 Å². The molecule has 2 heterocycles. The lowest BCUT2D eigenvalue weighted by atomic mass is 9.96. The van der Waals surface area contributed by atoms with Crippen molar-refractivity contribution in [3.05, 3.63) is 46.8 Å². The topological polar surface area (TPSA) is 64.4 Å². The Morgan fingerprint density at radius 3 is 2.95 bits per heavy atom. The van der Waals surface area contributed by atoms with E-state index in [1.165, 1.54) is 5.56 Å². The number of hydrogen-bond donors (Lipinski definition) is 1. The van der Waals surface area contributed by atoms with E-state index in [2.05, 4.69) is 16.5 Å². The van der Waals surface area contributed by atoms with Gasteiger partial charge in [-0.25, -0.2) is 0 Å². The molecule has 0 saturated heterocycles. The van der Waals surface area contributed by atoms with E-state index in [4.69, 9.17) is 9.26 Å². The lowest BCUT2D eigenvalue weighted by Gasteiger charge is -2.25. The maximum atomic E-state index is 12.2. The molecule has 1 aromatic heterocycles. The highest BCUT2D eigenvalue weighted by Gasteiger charge is 2.22. The quantitative estimate of drug-likeness (QED) is 0.940. The maximum Gasteiger partial charge on any atom is 0.256 e. The first-order valence-electron chi connectivity index (χ1n) is 7.07. The van der Waals surface area contributed by atoms with Crippen molar-refractivity contribution in [1.82, 2.24) is 10.5 Å². The number of rotatable bonds is 3. The number of aryl methyl sites for hydroxylation is 2. The van der Waals surface area contributed by atoms with Gasteiger partial charge in [0.2, 0.25) is 0 Å². The van der Waals surface area contributed by atoms with Crippen molar-refractivity contribution in [2.24, 2.45) is 5.92 Å². The molecular weight excluding hydrogens is 268 g/mol. The first kappa shape index (κ1) is 13.7. The van der Waals surface area contributed by atoms with Crippen molar-refractivity contribution in [2.75, 3.05) is 13.2 Å². The summed E-state index contributed by atoms with van der Waals surface area (Å²) in [5.41, 5.74) is 2.35. The van der Waals surface area contributed by atoms with Gasteiger partial charge in [-0.1, -0.05) is 23.4 Å². The molecule has 1 atom stereocenters. The lowest BCUT2D eigenvalue weighted by molar-refractivity contribution is 0.0937. The summed E-state index contributed by atoms with van der Waals surface area (Å²) in [6, 6.07) is 8.02. The van der Waals surface area contributed by atoms with Crippen LogP contribution in [-0.4, -0.2) is 24.2 Å². The van der Waals surface area contributed by atoms with Crippen molar-refractivity contribution in [3.63, 3.8) is 0 Å². The summed E-state index contributed by atoms with van der Waals surface area (Å²) in [7, 11) is 0. The summed E-state index contributed by atoms with van der Waals surface area (Å²) < 4.78 is 10.7. The van der Waals surface area contributed by atoms with Crippen LogP contribution in [0.1, 0.15) is 27.4 Å². The zero-order chi connectivity index (χ0) is 14.8. The van der Waals surface area contributed by atoms with Gasteiger partial charge in [0.1, 0.15) is 17.1 Å². The molecule has 1 unspecified atom stereocenters. The molecule has 0 aliphatic carbocycles. The predicted molar refractivity (Wildman–Crippen MR) is 77.4 cm³/mol. The van der Waals surface area contributed by atoms with Crippen molar-refractivity contribution >= 4 is 5.91 Å². The van der Waals surface area contributed by atoms with E-state index < -0.39 is 0 Å². The van der Waals surface area contributed by atoms with Crippen LogP contribution in [0, 0.1) is 19.8 Å². The molecule has 1 aromatic carbocycles. The zero-order valence-electron chi connectivity index (χ0n) is 12.2. The number of hydrogen-bond acceptors (Lipinski definition) is 4. The van der Waals surface area contributed by atoms with Crippen LogP contribution >= 0.6 is 0 Å². The predicted octanol–water partition coefficient (Wildman–Crippen LogP) is 2.27. The van der Waals surface area contributed by atoms with E-state index in [1.807, 2.05) is 18.2 Å². The molecule has 1 amide bonds. The highest BCUT2D eigenvalue weighted by Crippen LogP contribution is 2.26. The summed E-state index contributed by atoms with van der Waals surface area (Å²) in [4.78, 5) is 12.2. The molecule has 21 heavy (non-hydrogen) atoms. The van der Waals surface area contributed by atoms with E-state index in [9.17, 15) is 4.79 Å². The van der Waals surface area contributed by atoms with Gasteiger partial charge in [0.05, 0.1) is 12.3 Å². The van der Waals surface area contributed by atoms with Crippen molar-refractivity contribution in [1.29, 1.82) is 0 Å². The third-order valence-electron chi connectivity index (χ3n) is 3.77. The molecule has 0 fully saturated rings. The molecule has 0 saturated carbocycles. The third kappa shape index (κ3) is 2.77. The molecule has 5 nitrogen and oxygen atoms in total. The number of benzene rings is 1. The van der Waals surface area contributed by atoms with Crippen LogP contribution in [0.25, 0.3) is 0 Å². The van der Waals surface area contributed by atoms with Gasteiger partial charge in [-0.05, 0) is 31.9 Å². The van der Waals surface area contributed by atoms with Gasteiger partial charge >= 0.3 is 0 Å². The summed E-state index contributed by atoms with van der Waals surface area (Å²) in [5, 5.41) is 6.75. The first-order chi connectivity index (χ1) is 10.1. The minimum Gasteiger partial charge on any atom is -0.493 e. The number of carbonyl (C=O) groups excluding carboxylic acids is 1. The number of fused-ring (bicyclic) bond motifs is 1. The molecule has 110 valence electrons. The summed E-state index contributed by atoms with van der Waals surface area (Å²) in [6.07, 6.45) is 0.915. The average molecular weight is 286 g/mol. The first-order valence-corrected chi connectivity index (χ1v) is 7.07. The Bertz CT molecular complexity index is 644. The summed E-state index contributed by atoms with van der Waals surface area (Å²) in [5.74, 6) is 1.65. The van der Waals surface area contributed by atoms with Gasteiger partial charge in [0, 0.05) is 12.5 Å². The number of aromatic nitrogens is 1. The number of amides is 1. The van der Waals surface area contributed by atoms with Crippen LogP contribution in [0.2, 0.25) is 0 Å². The van der Waals surface area contributed by atoms with Gasteiger partial charge in [-0.15, -0.1) is 0 Å².